The maximum Gasteiger partial charge on any atom is 0.455 e. The summed E-state index contributed by atoms with van der Waals surface area (Å²) in [4.78, 5) is 40.9. The average Bonchev–Trinajstić information content (AvgIpc) is 3.41. The Labute approximate surface area is 332 Å². The van der Waals surface area contributed by atoms with Gasteiger partial charge in [0, 0.05) is 13.0 Å². The summed E-state index contributed by atoms with van der Waals surface area (Å²) >= 11 is 0. The fraction of sp³-hybridized carbons (Fsp3) is 0.444. The van der Waals surface area contributed by atoms with Crippen molar-refractivity contribution in [2.24, 2.45) is 17.8 Å². The third-order valence-electron chi connectivity index (χ3n) is 12.0. The zero-order valence-corrected chi connectivity index (χ0v) is 34.2. The first-order valence-electron chi connectivity index (χ1n) is 20.2. The van der Waals surface area contributed by atoms with Crippen LogP contribution in [0.2, 0.25) is 11.4 Å². The van der Waals surface area contributed by atoms with Crippen LogP contribution >= 0.6 is 0 Å². The Morgan fingerprint density at radius 2 is 1.55 bits per heavy atom. The zero-order valence-electron chi connectivity index (χ0n) is 33.2. The van der Waals surface area contributed by atoms with Gasteiger partial charge < -0.3 is 24.3 Å². The van der Waals surface area contributed by atoms with Gasteiger partial charge in [0.2, 0.25) is 11.8 Å². The molecule has 3 aromatic carbocycles. The number of carbonyl (C=O) groups excluding carboxylic acids is 2. The number of carbonyl (C=O) groups is 3. The van der Waals surface area contributed by atoms with E-state index < -0.39 is 39.3 Å². The molecule has 0 bridgehead atoms. The van der Waals surface area contributed by atoms with Crippen molar-refractivity contribution in [3.63, 3.8) is 0 Å². The number of benzene rings is 3. The number of carboxylic acid groups (broad SMARTS) is 1. The van der Waals surface area contributed by atoms with Gasteiger partial charge in [0.1, 0.15) is 5.75 Å². The minimum absolute atomic E-state index is 0.0559. The zero-order chi connectivity index (χ0) is 40.0. The fourth-order valence-corrected chi connectivity index (χ4v) is 13.9. The molecule has 3 aliphatic rings. The summed E-state index contributed by atoms with van der Waals surface area (Å²) in [6.45, 7) is 9.33. The molecule has 0 spiro atoms. The number of phenols is 1. The number of nitrogens with zero attached hydrogens (tertiary/aromatic N) is 1. The van der Waals surface area contributed by atoms with Crippen LogP contribution in [0.3, 0.4) is 0 Å². The molecule has 11 heteroatoms. The second-order valence-electron chi connectivity index (χ2n) is 16.6. The summed E-state index contributed by atoms with van der Waals surface area (Å²) in [6, 6.07) is 28.0. The van der Waals surface area contributed by atoms with Crippen molar-refractivity contribution < 1.29 is 38.7 Å². The molecule has 3 N–H and O–H groups in total. The van der Waals surface area contributed by atoms with E-state index in [4.69, 9.17) is 14.2 Å². The minimum Gasteiger partial charge on any atom is -0.508 e. The van der Waals surface area contributed by atoms with Crippen LogP contribution in [0.25, 0.3) is 6.08 Å². The third-order valence-corrected chi connectivity index (χ3v) is 17.0. The quantitative estimate of drug-likeness (QED) is 0.0614. The molecule has 0 saturated carbocycles. The van der Waals surface area contributed by atoms with Crippen LogP contribution in [0.5, 0.6) is 5.75 Å². The molecular weight excluding hydrogens is 721 g/mol. The molecule has 6 rings (SSSR count). The molecule has 2 aliphatic heterocycles. The Kier molecular flexibility index (Phi) is 13.2. The van der Waals surface area contributed by atoms with Crippen molar-refractivity contribution >= 4 is 49.7 Å². The molecule has 0 radical (unpaired) electrons. The molecule has 0 unspecified atom stereocenters. The number of carboxylic acids is 1. The molecular formula is C45H56BNO8Si. The van der Waals surface area contributed by atoms with Gasteiger partial charge in [-0.2, -0.15) is 0 Å². The number of unbranched alkanes of at least 4 members (excludes halogenated alkanes) is 2. The number of fused-ring (bicyclic) bond motifs is 3. The number of hydrogen-bond donors (Lipinski definition) is 3. The van der Waals surface area contributed by atoms with E-state index in [-0.39, 0.29) is 54.4 Å². The Morgan fingerprint density at radius 3 is 2.14 bits per heavy atom. The van der Waals surface area contributed by atoms with Crippen LogP contribution in [0, 0.1) is 17.8 Å². The Balaban J connectivity index is 1.38. The van der Waals surface area contributed by atoms with Gasteiger partial charge in [-0.3, -0.25) is 19.3 Å². The SMILES string of the molecule is CC/C(=C\c1ccc(O)cc1)CC[C@H]1OB(O)C[C@H]2C1=C(CO[Si](c1ccccc1)(c1ccccc1)C(C)(C)C)C[C@H]1C(=O)N(CCCCCC(=O)O)C(=O)[C@H]12. The number of phenolic OH excluding ortho intramolecular Hbond substituents is 1. The maximum atomic E-state index is 14.3. The molecule has 4 atom stereocenters. The summed E-state index contributed by atoms with van der Waals surface area (Å²) in [6.07, 6.45) is 6.00. The van der Waals surface area contributed by atoms with Gasteiger partial charge in [0.25, 0.3) is 8.32 Å². The topological polar surface area (TPSA) is 134 Å². The van der Waals surface area contributed by atoms with Gasteiger partial charge in [-0.1, -0.05) is 119 Å². The van der Waals surface area contributed by atoms with Gasteiger partial charge >= 0.3 is 13.1 Å². The highest BCUT2D eigenvalue weighted by molar-refractivity contribution is 6.99. The van der Waals surface area contributed by atoms with Gasteiger partial charge in [0.05, 0.1) is 24.5 Å². The smallest absolute Gasteiger partial charge is 0.455 e. The maximum absolute atomic E-state index is 14.3. The van der Waals surface area contributed by atoms with Gasteiger partial charge in [0.15, 0.2) is 0 Å². The molecule has 2 amide bonds. The van der Waals surface area contributed by atoms with Gasteiger partial charge in [-0.25, -0.2) is 0 Å². The van der Waals surface area contributed by atoms with E-state index in [9.17, 15) is 24.5 Å². The van der Waals surface area contributed by atoms with Crippen LogP contribution in [-0.2, 0) is 23.5 Å². The summed E-state index contributed by atoms with van der Waals surface area (Å²) in [5.74, 6) is -2.61. The summed E-state index contributed by atoms with van der Waals surface area (Å²) in [5, 5.41) is 32.2. The van der Waals surface area contributed by atoms with E-state index in [1.807, 2.05) is 24.3 Å². The standard InChI is InChI=1S/C45H56BNO8Si/c1-5-31(27-32-20-23-34(48)24-21-32)22-25-39-41-33(30-54-56(45(2,3)4,35-15-9-6-10-16-35)36-17-11-7-12-18-36)28-37-42(38(41)29-46(53)55-39)44(52)47(43(37)51)26-14-8-13-19-40(49)50/h6-7,9-12,15-18,20-21,23-24,27,37-39,42,48,53H,5,8,13-14,19,22,25-26,28-30H2,1-4H3,(H,49,50)/b31-27+/t37-,38+,39-,42-/m1/s1. The van der Waals surface area contributed by atoms with E-state index >= 15 is 0 Å². The first-order valence-corrected chi connectivity index (χ1v) is 22.1. The molecule has 1 aliphatic carbocycles. The number of likely N-dealkylation sites (tertiary alicyclic amines) is 1. The van der Waals surface area contributed by atoms with Crippen LogP contribution in [0.1, 0.15) is 84.6 Å². The third kappa shape index (κ3) is 8.81. The molecule has 2 saturated heterocycles. The van der Waals surface area contributed by atoms with E-state index in [0.717, 1.165) is 33.5 Å². The van der Waals surface area contributed by atoms with Crippen molar-refractivity contribution in [2.45, 2.75) is 96.5 Å². The predicted octanol–water partition coefficient (Wildman–Crippen LogP) is 6.98. The number of amides is 2. The van der Waals surface area contributed by atoms with Crippen molar-refractivity contribution in [1.82, 2.24) is 4.90 Å². The van der Waals surface area contributed by atoms with E-state index in [1.165, 1.54) is 10.5 Å². The highest BCUT2D eigenvalue weighted by Crippen LogP contribution is 2.51. The van der Waals surface area contributed by atoms with Gasteiger partial charge in [-0.05, 0) is 95.0 Å². The van der Waals surface area contributed by atoms with Crippen LogP contribution in [0.4, 0.5) is 0 Å². The predicted molar refractivity (Wildman–Crippen MR) is 222 cm³/mol. The molecule has 296 valence electrons. The summed E-state index contributed by atoms with van der Waals surface area (Å²) in [5.41, 5.74) is 4.14. The Morgan fingerprint density at radius 1 is 0.911 bits per heavy atom. The van der Waals surface area contributed by atoms with Crippen LogP contribution < -0.4 is 10.4 Å². The number of imide groups is 1. The number of hydrogen-bond acceptors (Lipinski definition) is 7. The number of rotatable bonds is 16. The number of allylic oxidation sites excluding steroid dienone is 1. The normalized spacial score (nSPS) is 21.7. The van der Waals surface area contributed by atoms with Crippen molar-refractivity contribution in [3.05, 3.63) is 107 Å². The van der Waals surface area contributed by atoms with Crippen LogP contribution in [-0.4, -0.2) is 72.6 Å². The monoisotopic (exact) mass is 777 g/mol. The first kappa shape index (κ1) is 41.3. The van der Waals surface area contributed by atoms with Crippen molar-refractivity contribution in [2.75, 3.05) is 13.2 Å². The summed E-state index contributed by atoms with van der Waals surface area (Å²) < 4.78 is 13.9. The fourth-order valence-electron chi connectivity index (χ4n) is 9.34. The molecule has 56 heavy (non-hydrogen) atoms. The second kappa shape index (κ2) is 17.9. The largest absolute Gasteiger partial charge is 0.508 e. The van der Waals surface area contributed by atoms with E-state index in [1.54, 1.807) is 12.1 Å². The second-order valence-corrected chi connectivity index (χ2v) is 20.9. The lowest BCUT2D eigenvalue weighted by Gasteiger charge is -2.46. The highest BCUT2D eigenvalue weighted by Gasteiger charge is 2.58. The Bertz CT molecular complexity index is 1870. The Hall–Kier alpha value is -4.29. The minimum atomic E-state index is -2.98. The molecule has 0 aromatic heterocycles. The number of aromatic hydroxyl groups is 1. The van der Waals surface area contributed by atoms with Gasteiger partial charge in [-0.15, -0.1) is 0 Å². The highest BCUT2D eigenvalue weighted by atomic mass is 28.4. The van der Waals surface area contributed by atoms with Crippen molar-refractivity contribution in [3.8, 4) is 5.75 Å². The molecule has 2 heterocycles. The van der Waals surface area contributed by atoms with Crippen LogP contribution in [0.15, 0.2) is 102 Å². The number of aliphatic carboxylic acids is 1. The lowest BCUT2D eigenvalue weighted by Crippen LogP contribution is -2.66. The summed E-state index contributed by atoms with van der Waals surface area (Å²) in [7, 11) is -4.07. The average molecular weight is 778 g/mol. The first-order chi connectivity index (χ1) is 26.8. The lowest BCUT2D eigenvalue weighted by molar-refractivity contribution is -0.141. The molecule has 2 fully saturated rings. The van der Waals surface area contributed by atoms with E-state index in [0.29, 0.717) is 38.5 Å². The molecule has 3 aromatic rings. The van der Waals surface area contributed by atoms with E-state index in [2.05, 4.69) is 82.3 Å². The molecule has 9 nitrogen and oxygen atoms in total. The lowest BCUT2D eigenvalue weighted by atomic mass is 9.58. The van der Waals surface area contributed by atoms with Crippen molar-refractivity contribution in [1.29, 1.82) is 0 Å².